The number of carbonyl (C=O) groups excluding carboxylic acids is 6. The fourth-order valence-electron chi connectivity index (χ4n) is 12.2. The van der Waals surface area contributed by atoms with Crippen molar-refractivity contribution in [2.75, 3.05) is 0 Å². The maximum absolute atomic E-state index is 12.5. The fourth-order valence-corrected chi connectivity index (χ4v) is 23.5. The molecule has 9 aliphatic heterocycles. The van der Waals surface area contributed by atoms with E-state index in [-0.39, 0.29) is 174 Å². The van der Waals surface area contributed by atoms with Gasteiger partial charge in [-0.1, -0.05) is 7.43 Å². The molecule has 2 saturated heterocycles. The van der Waals surface area contributed by atoms with E-state index in [9.17, 15) is 28.8 Å². The number of allylic oxidation sites excluding steroid dienone is 6. The van der Waals surface area contributed by atoms with Crippen LogP contribution in [0.4, 0.5) is 0 Å². The van der Waals surface area contributed by atoms with E-state index in [0.717, 1.165) is 0 Å². The largest absolute Gasteiger partial charge is 1.00 e. The quantitative estimate of drug-likeness (QED) is 0.0804. The second-order valence-electron chi connectivity index (χ2n) is 22.5. The zero-order valence-corrected chi connectivity index (χ0v) is 62.0. The van der Waals surface area contributed by atoms with E-state index in [1.807, 2.05) is 109 Å². The van der Waals surface area contributed by atoms with Crippen LogP contribution >= 0.6 is 0 Å². The van der Waals surface area contributed by atoms with Gasteiger partial charge in [0.05, 0.1) is 0 Å². The van der Waals surface area contributed by atoms with Crippen LogP contribution in [0.5, 0.6) is 69.0 Å². The average Bonchev–Trinajstić information content (AvgIpc) is 1.54. The molecule has 0 N–H and O–H groups in total. The molecule has 4 unspecified atom stereocenters. The van der Waals surface area contributed by atoms with Crippen molar-refractivity contribution in [3.63, 3.8) is 0 Å². The summed E-state index contributed by atoms with van der Waals surface area (Å²) in [4.78, 5) is 69.7. The molecule has 2 fully saturated rings. The third-order valence-corrected chi connectivity index (χ3v) is 28.0. The van der Waals surface area contributed by atoms with E-state index >= 15 is 0 Å². The Morgan fingerprint density at radius 1 is 0.462 bits per heavy atom. The van der Waals surface area contributed by atoms with E-state index in [4.69, 9.17) is 62.6 Å². The summed E-state index contributed by atoms with van der Waals surface area (Å²) in [5.41, 5.74) is -1.54. The predicted molar refractivity (Wildman–Crippen MR) is 314 cm³/mol. The topological polar surface area (TPSA) is 241 Å². The normalized spacial score (nSPS) is 26.0. The molecule has 6 aromatic carbocycles. The van der Waals surface area contributed by atoms with Gasteiger partial charge in [-0.3, -0.25) is 0 Å². The van der Waals surface area contributed by atoms with Crippen molar-refractivity contribution in [2.45, 2.75) is 53.9 Å². The summed E-state index contributed by atoms with van der Waals surface area (Å²) in [6.45, 7) is 12.8. The summed E-state index contributed by atoms with van der Waals surface area (Å²) in [5, 5.41) is 1.73. The molecule has 91 heavy (non-hydrogen) atoms. The summed E-state index contributed by atoms with van der Waals surface area (Å²) in [7, 11) is -13.7. The first kappa shape index (κ1) is 68.5. The number of cyclic esters (lactones) is 6. The molecule has 0 bridgehead atoms. The maximum atomic E-state index is 12.5. The van der Waals surface area contributed by atoms with E-state index in [0.29, 0.717) is 103 Å². The Hall–Kier alpha value is -5.40. The van der Waals surface area contributed by atoms with Crippen molar-refractivity contribution >= 4 is 60.8 Å². The SMILES string of the molecule is C.C=CC(=C)[Si-]12(Oc3ccccc3O1)Oc1ccccc1O2.CC12CC([Si-]34(Oc5ccccc5O3)Oc3ccccc3O4)=CCC1C(=O)OC2=O.CC12CC=C([Si-]34(Oc5ccccc5O3)Oc3ccccc3O4)CC1C(=O)OC2=O.CC1=CC(=O)OC1=O.[K+].[K+].[K+]. The summed E-state index contributed by atoms with van der Waals surface area (Å²) in [6, 6.07) is 43.8. The number of hydrogen-bond acceptors (Lipinski definition) is 21. The molecule has 452 valence electrons. The molecule has 11 aliphatic rings. The molecule has 17 rings (SSSR count). The van der Waals surface area contributed by atoms with E-state index in [2.05, 4.69) is 17.9 Å². The molecule has 0 aromatic heterocycles. The van der Waals surface area contributed by atoms with Gasteiger partial charge in [0.1, 0.15) is 0 Å². The van der Waals surface area contributed by atoms with Crippen molar-refractivity contribution < 1.29 is 250 Å². The van der Waals surface area contributed by atoms with Gasteiger partial charge in [-0.05, 0) is 6.92 Å². The first-order valence-electron chi connectivity index (χ1n) is 27.7. The second kappa shape index (κ2) is 24.4. The number of ether oxygens (including phenoxy) is 3. The van der Waals surface area contributed by atoms with Gasteiger partial charge < -0.3 is 4.74 Å². The van der Waals surface area contributed by atoms with Crippen LogP contribution in [0.1, 0.15) is 53.9 Å². The molecule has 21 nitrogen and oxygen atoms in total. The Labute approximate surface area is 651 Å². The van der Waals surface area contributed by atoms with E-state index in [1.54, 1.807) is 68.5 Å². The number of fused-ring (bicyclic) bond motifs is 8. The number of hydrogen-bond donors (Lipinski definition) is 0. The number of rotatable bonds is 4. The fraction of sp³-hybridized carbons (Fsp3) is 0.188. The number of benzene rings is 6. The van der Waals surface area contributed by atoms with Gasteiger partial charge in [0.2, 0.25) is 0 Å². The third kappa shape index (κ3) is 10.9. The second-order valence-corrected chi connectivity index (χ2v) is 32.4. The first-order valence-corrected chi connectivity index (χ1v) is 34.1. The predicted octanol–water partition coefficient (Wildman–Crippen LogP) is 1.83. The molecule has 6 aromatic rings. The zero-order chi connectivity index (χ0) is 60.4. The van der Waals surface area contributed by atoms with Crippen LogP contribution in [0.15, 0.2) is 204 Å². The molecule has 27 heteroatoms. The molecule has 0 radical (unpaired) electrons. The van der Waals surface area contributed by atoms with Crippen LogP contribution in [0.25, 0.3) is 0 Å². The van der Waals surface area contributed by atoms with Gasteiger partial charge in [-0.15, -0.1) is 0 Å². The smallest absolute Gasteiger partial charge is 0.386 e. The molecule has 4 atom stereocenters. The van der Waals surface area contributed by atoms with Crippen LogP contribution < -0.4 is 207 Å². The number of carbonyl (C=O) groups is 6. The Morgan fingerprint density at radius 2 is 0.780 bits per heavy atom. The number of esters is 6. The van der Waals surface area contributed by atoms with Crippen LogP contribution in [0.2, 0.25) is 0 Å². The Bertz CT molecular complexity index is 3910. The Balaban J connectivity index is 0.000000140. The van der Waals surface area contributed by atoms with Gasteiger partial charge in [-0.2, -0.15) is 0 Å². The molecule has 0 saturated carbocycles. The van der Waals surface area contributed by atoms with Crippen LogP contribution in [-0.2, 0) is 43.0 Å². The summed E-state index contributed by atoms with van der Waals surface area (Å²) in [6.07, 6.45) is 7.49. The zero-order valence-electron chi connectivity index (χ0n) is 49.6. The van der Waals surface area contributed by atoms with Crippen molar-refractivity contribution in [1.82, 2.24) is 0 Å². The summed E-state index contributed by atoms with van der Waals surface area (Å²) in [5.74, 6) is 2.19. The van der Waals surface area contributed by atoms with Gasteiger partial charge in [0.25, 0.3) is 0 Å². The minimum Gasteiger partial charge on any atom is -0.386 e. The standard InChI is InChI=1S/2C21H17O7Si.C16H13O4Si.C5H4O3.CH4.3K/c1-21-11-10-13(12-14(21)19(22)24-20(21)23)29(25-15-6-2-3-7-16(15)26-29)27-17-8-4-5-9-18(17)28-29;1-21-12-13(10-11-14(21)19(22)24-20(21)23)29(25-15-6-2-3-7-16(15)26-29)27-17-8-4-5-9-18(17)28-29;1-3-12(2)21(17-13-8-4-5-9-14(13)18-21)19-15-10-6-7-11-16(15)20-21;1-3-2-4(6)8-5(3)7;;;;/h2*2-10,14H,11-12H2,1H3;3-11H,1-2H2;2H,1H3;1H4;;;/q3*-1;;;3*+1. The van der Waals surface area contributed by atoms with E-state index < -0.39 is 83.5 Å². The summed E-state index contributed by atoms with van der Waals surface area (Å²) >= 11 is 0. The minimum atomic E-state index is -4.68. The minimum absolute atomic E-state index is 0. The monoisotopic (exact) mass is 1360 g/mol. The van der Waals surface area contributed by atoms with Crippen molar-refractivity contribution in [3.05, 3.63) is 204 Å². The molecular weight excluding hydrogens is 1310 g/mol. The van der Waals surface area contributed by atoms with Crippen LogP contribution in [0.3, 0.4) is 0 Å². The third-order valence-electron chi connectivity index (χ3n) is 17.0. The van der Waals surface area contributed by atoms with Gasteiger partial charge in [0, 0.05) is 11.6 Å². The van der Waals surface area contributed by atoms with Gasteiger partial charge in [-0.25, -0.2) is 9.59 Å². The van der Waals surface area contributed by atoms with Crippen LogP contribution in [-0.4, -0.2) is 60.8 Å². The van der Waals surface area contributed by atoms with Crippen molar-refractivity contribution in [1.29, 1.82) is 0 Å². The molecule has 0 amide bonds. The van der Waals surface area contributed by atoms with Gasteiger partial charge >= 0.3 is 620 Å². The maximum Gasteiger partial charge on any atom is 1.00 e. The average molecular weight is 1360 g/mol. The molecule has 3 spiro atoms. The Kier molecular flexibility index (Phi) is 18.4. The molecule has 9 heterocycles. The molecular formula is C64H55K3O21Si3. The van der Waals surface area contributed by atoms with Crippen LogP contribution in [0, 0.1) is 22.7 Å². The van der Waals surface area contributed by atoms with E-state index in [1.165, 1.54) is 13.0 Å². The molecule has 2 aliphatic carbocycles. The summed E-state index contributed by atoms with van der Waals surface area (Å²) < 4.78 is 89.5. The van der Waals surface area contributed by atoms with Gasteiger partial charge in [0.15, 0.2) is 0 Å². The Morgan fingerprint density at radius 3 is 1.09 bits per heavy atom. The van der Waals surface area contributed by atoms with Crippen molar-refractivity contribution in [3.8, 4) is 69.0 Å². The van der Waals surface area contributed by atoms with Crippen molar-refractivity contribution in [2.24, 2.45) is 22.7 Å². The first-order chi connectivity index (χ1) is 41.7. The number of para-hydroxylation sites is 12.